The molecule has 3 nitrogen and oxygen atoms in total. The fourth-order valence-corrected chi connectivity index (χ4v) is 0.913. The summed E-state index contributed by atoms with van der Waals surface area (Å²) in [5.41, 5.74) is -1.24. The number of rotatable bonds is 2. The molecule has 1 rings (SSSR count). The molecule has 82 valence electrons. The summed E-state index contributed by atoms with van der Waals surface area (Å²) in [6.07, 6.45) is -4.85. The lowest BCUT2D eigenvalue weighted by Crippen LogP contribution is -2.17. The van der Waals surface area contributed by atoms with Gasteiger partial charge in [0.2, 0.25) is 0 Å². The van der Waals surface area contributed by atoms with E-state index >= 15 is 0 Å². The summed E-state index contributed by atoms with van der Waals surface area (Å²) in [5, 5.41) is 0. The number of para-hydroxylation sites is 2. The third kappa shape index (κ3) is 4.07. The van der Waals surface area contributed by atoms with Crippen LogP contribution < -0.4 is 9.47 Å². The lowest BCUT2D eigenvalue weighted by molar-refractivity contribution is -0.275. The number of halogens is 4. The molecule has 0 saturated carbocycles. The van der Waals surface area contributed by atoms with Crippen molar-refractivity contribution in [3.05, 3.63) is 24.3 Å². The maximum Gasteiger partial charge on any atom is 0.573 e. The number of benzene rings is 1. The molecule has 0 aromatic heterocycles. The Kier molecular flexibility index (Phi) is 3.41. The van der Waals surface area contributed by atoms with E-state index in [4.69, 9.17) is 11.6 Å². The number of alkyl halides is 3. The fourth-order valence-electron chi connectivity index (χ4n) is 0.830. The molecule has 0 aliphatic rings. The van der Waals surface area contributed by atoms with Gasteiger partial charge in [-0.3, -0.25) is 0 Å². The maximum absolute atomic E-state index is 11.9. The number of hydrogen-bond acceptors (Lipinski definition) is 3. The van der Waals surface area contributed by atoms with Crippen LogP contribution in [0.2, 0.25) is 0 Å². The van der Waals surface area contributed by atoms with E-state index in [1.54, 1.807) is 0 Å². The van der Waals surface area contributed by atoms with Crippen LogP contribution in [-0.2, 0) is 0 Å². The summed E-state index contributed by atoms with van der Waals surface area (Å²) < 4.78 is 43.5. The van der Waals surface area contributed by atoms with Gasteiger partial charge in [0.05, 0.1) is 0 Å². The van der Waals surface area contributed by atoms with Crippen molar-refractivity contribution in [1.29, 1.82) is 0 Å². The van der Waals surface area contributed by atoms with Crippen LogP contribution in [-0.4, -0.2) is 11.8 Å². The van der Waals surface area contributed by atoms with E-state index in [-0.39, 0.29) is 0 Å². The first-order chi connectivity index (χ1) is 6.88. The molecular formula is C8H4ClF3O3. The number of carbonyl (C=O) groups is 1. The van der Waals surface area contributed by atoms with E-state index in [2.05, 4.69) is 9.47 Å². The molecule has 0 spiro atoms. The van der Waals surface area contributed by atoms with Crippen molar-refractivity contribution >= 4 is 17.0 Å². The molecule has 0 heterocycles. The largest absolute Gasteiger partial charge is 0.573 e. The van der Waals surface area contributed by atoms with Gasteiger partial charge in [-0.15, -0.1) is 13.2 Å². The van der Waals surface area contributed by atoms with Crippen molar-refractivity contribution < 1.29 is 27.4 Å². The average molecular weight is 241 g/mol. The zero-order chi connectivity index (χ0) is 11.5. The van der Waals surface area contributed by atoms with Gasteiger partial charge in [0.25, 0.3) is 0 Å². The van der Waals surface area contributed by atoms with Gasteiger partial charge in [-0.2, -0.15) is 0 Å². The lowest BCUT2D eigenvalue weighted by atomic mass is 10.3. The maximum atomic E-state index is 11.9. The van der Waals surface area contributed by atoms with Crippen LogP contribution in [0.3, 0.4) is 0 Å². The van der Waals surface area contributed by atoms with Gasteiger partial charge < -0.3 is 9.47 Å². The Hall–Kier alpha value is -1.43. The second-order valence-electron chi connectivity index (χ2n) is 2.33. The van der Waals surface area contributed by atoms with Crippen molar-refractivity contribution in [2.45, 2.75) is 6.36 Å². The quantitative estimate of drug-likeness (QED) is 0.744. The normalized spacial score (nSPS) is 10.9. The number of hydrogen-bond donors (Lipinski definition) is 0. The minimum absolute atomic E-state index is 0.394. The molecule has 0 aliphatic heterocycles. The minimum atomic E-state index is -4.85. The Morgan fingerprint density at radius 2 is 1.73 bits per heavy atom. The SMILES string of the molecule is O=C(Cl)Oc1ccccc1OC(F)(F)F. The summed E-state index contributed by atoms with van der Waals surface area (Å²) in [6.45, 7) is 0. The molecule has 0 aliphatic carbocycles. The van der Waals surface area contributed by atoms with E-state index in [0.29, 0.717) is 0 Å². The van der Waals surface area contributed by atoms with Crippen LogP contribution in [0.15, 0.2) is 24.3 Å². The number of ether oxygens (including phenoxy) is 2. The van der Waals surface area contributed by atoms with Gasteiger partial charge >= 0.3 is 11.8 Å². The topological polar surface area (TPSA) is 35.5 Å². The van der Waals surface area contributed by atoms with Gasteiger partial charge in [-0.1, -0.05) is 12.1 Å². The van der Waals surface area contributed by atoms with Crippen molar-refractivity contribution in [3.63, 3.8) is 0 Å². The second kappa shape index (κ2) is 4.39. The molecule has 0 radical (unpaired) electrons. The van der Waals surface area contributed by atoms with E-state index in [0.717, 1.165) is 12.1 Å². The smallest absolute Gasteiger partial charge is 0.411 e. The Labute approximate surface area is 87.3 Å². The molecule has 0 bridgehead atoms. The van der Waals surface area contributed by atoms with Gasteiger partial charge in [0.15, 0.2) is 11.5 Å². The lowest BCUT2D eigenvalue weighted by Gasteiger charge is -2.11. The molecule has 15 heavy (non-hydrogen) atoms. The molecule has 0 amide bonds. The highest BCUT2D eigenvalue weighted by Gasteiger charge is 2.32. The first-order valence-electron chi connectivity index (χ1n) is 3.60. The summed E-state index contributed by atoms with van der Waals surface area (Å²) in [4.78, 5) is 10.3. The Morgan fingerprint density at radius 3 is 2.20 bits per heavy atom. The van der Waals surface area contributed by atoms with Gasteiger partial charge in [-0.05, 0) is 12.1 Å². The summed E-state index contributed by atoms with van der Waals surface area (Å²) >= 11 is 4.86. The van der Waals surface area contributed by atoms with Crippen LogP contribution in [0.4, 0.5) is 18.0 Å². The zero-order valence-corrected chi connectivity index (χ0v) is 7.80. The summed E-state index contributed by atoms with van der Waals surface area (Å²) in [7, 11) is 0. The molecule has 0 N–H and O–H groups in total. The van der Waals surface area contributed by atoms with Crippen LogP contribution in [0, 0.1) is 0 Å². The van der Waals surface area contributed by atoms with Gasteiger partial charge in [0, 0.05) is 11.6 Å². The Balaban J connectivity index is 2.91. The van der Waals surface area contributed by atoms with E-state index < -0.39 is 23.3 Å². The third-order valence-corrected chi connectivity index (χ3v) is 1.34. The van der Waals surface area contributed by atoms with Crippen LogP contribution in [0.5, 0.6) is 11.5 Å². The van der Waals surface area contributed by atoms with E-state index in [1.807, 2.05) is 0 Å². The summed E-state index contributed by atoms with van der Waals surface area (Å²) in [6, 6.07) is 4.80. The van der Waals surface area contributed by atoms with Crippen LogP contribution in [0.1, 0.15) is 0 Å². The van der Waals surface area contributed by atoms with Crippen molar-refractivity contribution in [2.75, 3.05) is 0 Å². The monoisotopic (exact) mass is 240 g/mol. The average Bonchev–Trinajstić information content (AvgIpc) is 2.05. The molecule has 1 aromatic carbocycles. The fraction of sp³-hybridized carbons (Fsp3) is 0.125. The highest BCUT2D eigenvalue weighted by molar-refractivity contribution is 6.61. The van der Waals surface area contributed by atoms with Gasteiger partial charge in [-0.25, -0.2) is 4.79 Å². The third-order valence-electron chi connectivity index (χ3n) is 1.27. The molecule has 1 aromatic rings. The molecule has 0 fully saturated rings. The molecule has 0 unspecified atom stereocenters. The second-order valence-corrected chi connectivity index (χ2v) is 2.64. The highest BCUT2D eigenvalue weighted by atomic mass is 35.5. The predicted molar refractivity (Wildman–Crippen MR) is 45.0 cm³/mol. The summed E-state index contributed by atoms with van der Waals surface area (Å²) in [5.74, 6) is -1.02. The highest BCUT2D eigenvalue weighted by Crippen LogP contribution is 2.31. The Bertz CT molecular complexity index is 364. The Morgan fingerprint density at radius 1 is 1.20 bits per heavy atom. The van der Waals surface area contributed by atoms with Crippen molar-refractivity contribution in [2.24, 2.45) is 0 Å². The molecule has 0 atom stereocenters. The van der Waals surface area contributed by atoms with Crippen molar-refractivity contribution in [3.8, 4) is 11.5 Å². The van der Waals surface area contributed by atoms with Gasteiger partial charge in [0.1, 0.15) is 0 Å². The van der Waals surface area contributed by atoms with E-state index in [1.165, 1.54) is 12.1 Å². The first kappa shape index (κ1) is 11.6. The van der Waals surface area contributed by atoms with E-state index in [9.17, 15) is 18.0 Å². The van der Waals surface area contributed by atoms with Crippen molar-refractivity contribution in [1.82, 2.24) is 0 Å². The predicted octanol–water partition coefficient (Wildman–Crippen LogP) is 3.32. The van der Waals surface area contributed by atoms with Crippen LogP contribution >= 0.6 is 11.6 Å². The molecule has 7 heteroatoms. The van der Waals surface area contributed by atoms with Crippen LogP contribution in [0.25, 0.3) is 0 Å². The molecular weight excluding hydrogens is 237 g/mol. The molecule has 0 saturated heterocycles. The number of carbonyl (C=O) groups excluding carboxylic acids is 1. The minimum Gasteiger partial charge on any atom is -0.411 e. The zero-order valence-electron chi connectivity index (χ0n) is 7.05. The standard InChI is InChI=1S/C8H4ClF3O3/c9-7(13)14-5-3-1-2-4-6(5)15-8(10,11)12/h1-4H. The first-order valence-corrected chi connectivity index (χ1v) is 3.98.